The summed E-state index contributed by atoms with van der Waals surface area (Å²) >= 11 is 0. The quantitative estimate of drug-likeness (QED) is 0.609. The lowest BCUT2D eigenvalue weighted by Crippen LogP contribution is -2.58. The van der Waals surface area contributed by atoms with Gasteiger partial charge in [0.15, 0.2) is 0 Å². The highest BCUT2D eigenvalue weighted by molar-refractivity contribution is 4.88. The average molecular weight is 183 g/mol. The summed E-state index contributed by atoms with van der Waals surface area (Å²) < 4.78 is 0. The van der Waals surface area contributed by atoms with Crippen molar-refractivity contribution in [3.05, 3.63) is 0 Å². The van der Waals surface area contributed by atoms with Gasteiger partial charge in [0.05, 0.1) is 0 Å². The van der Waals surface area contributed by atoms with Gasteiger partial charge in [-0.1, -0.05) is 6.92 Å². The third kappa shape index (κ3) is 2.22. The Morgan fingerprint density at radius 2 is 2.00 bits per heavy atom. The third-order valence-corrected chi connectivity index (χ3v) is 3.18. The number of rotatable bonds is 1. The van der Waals surface area contributed by atoms with Crippen LogP contribution in [0.25, 0.3) is 0 Å². The van der Waals surface area contributed by atoms with Crippen LogP contribution in [-0.2, 0) is 0 Å². The minimum Gasteiger partial charge on any atom is -0.315 e. The van der Waals surface area contributed by atoms with E-state index in [2.05, 4.69) is 29.1 Å². The second-order valence-corrected chi connectivity index (χ2v) is 4.68. The van der Waals surface area contributed by atoms with Crippen molar-refractivity contribution in [3.63, 3.8) is 0 Å². The minimum atomic E-state index is 0.813. The maximum absolute atomic E-state index is 3.49. The van der Waals surface area contributed by atoms with Gasteiger partial charge < -0.3 is 10.2 Å². The molecule has 2 aliphatic heterocycles. The summed E-state index contributed by atoms with van der Waals surface area (Å²) in [7, 11) is 2.20. The lowest BCUT2D eigenvalue weighted by atomic mass is 10.1. The Balaban J connectivity index is 1.83. The van der Waals surface area contributed by atoms with Crippen LogP contribution < -0.4 is 5.32 Å². The molecule has 1 N–H and O–H groups in total. The van der Waals surface area contributed by atoms with E-state index in [1.165, 1.54) is 39.3 Å². The third-order valence-electron chi connectivity index (χ3n) is 3.18. The van der Waals surface area contributed by atoms with E-state index < -0.39 is 0 Å². The Hall–Kier alpha value is -0.120. The van der Waals surface area contributed by atoms with E-state index in [9.17, 15) is 0 Å². The maximum Gasteiger partial charge on any atom is 0.0350 e. The number of hydrogen-bond donors (Lipinski definition) is 1. The lowest BCUT2D eigenvalue weighted by Gasteiger charge is -2.43. The largest absolute Gasteiger partial charge is 0.315 e. The lowest BCUT2D eigenvalue weighted by molar-refractivity contribution is 0.0505. The van der Waals surface area contributed by atoms with Crippen LogP contribution in [0, 0.1) is 5.92 Å². The van der Waals surface area contributed by atoms with Crippen molar-refractivity contribution in [3.8, 4) is 0 Å². The molecule has 0 aromatic heterocycles. The van der Waals surface area contributed by atoms with Crippen molar-refractivity contribution in [1.29, 1.82) is 0 Å². The topological polar surface area (TPSA) is 18.5 Å². The molecule has 0 aromatic rings. The van der Waals surface area contributed by atoms with Gasteiger partial charge in [-0.15, -0.1) is 0 Å². The number of nitrogens with one attached hydrogen (secondary N) is 1. The van der Waals surface area contributed by atoms with Crippen LogP contribution in [0.2, 0.25) is 0 Å². The first-order valence-corrected chi connectivity index (χ1v) is 5.39. The summed E-state index contributed by atoms with van der Waals surface area (Å²) in [6.07, 6.45) is 0. The number of nitrogens with zero attached hydrogens (tertiary/aromatic N) is 2. The molecule has 0 saturated carbocycles. The van der Waals surface area contributed by atoms with Crippen LogP contribution >= 0.6 is 0 Å². The minimum absolute atomic E-state index is 0.813. The highest BCUT2D eigenvalue weighted by atomic mass is 15.3. The van der Waals surface area contributed by atoms with E-state index in [0.717, 1.165) is 12.0 Å². The fourth-order valence-electron chi connectivity index (χ4n) is 2.36. The number of hydrogen-bond acceptors (Lipinski definition) is 3. The normalized spacial score (nSPS) is 34.2. The van der Waals surface area contributed by atoms with Crippen molar-refractivity contribution < 1.29 is 0 Å². The van der Waals surface area contributed by atoms with Gasteiger partial charge in [-0.2, -0.15) is 0 Å². The van der Waals surface area contributed by atoms with E-state index in [1.54, 1.807) is 0 Å². The smallest absolute Gasteiger partial charge is 0.0350 e. The van der Waals surface area contributed by atoms with E-state index in [1.807, 2.05) is 0 Å². The van der Waals surface area contributed by atoms with Crippen molar-refractivity contribution in [2.24, 2.45) is 5.92 Å². The standard InChI is InChI=1S/C10H21N3/c1-9-5-11-3-4-13(6-9)10-7-12(2)8-10/h9-11H,3-8H2,1-2H3. The van der Waals surface area contributed by atoms with Crippen LogP contribution in [0.4, 0.5) is 0 Å². The Kier molecular flexibility index (Phi) is 2.86. The first-order valence-electron chi connectivity index (χ1n) is 5.39. The van der Waals surface area contributed by atoms with Crippen LogP contribution in [0.5, 0.6) is 0 Å². The van der Waals surface area contributed by atoms with Gasteiger partial charge in [-0.05, 0) is 19.5 Å². The SMILES string of the molecule is CC1CNCCN(C2CN(C)C2)C1. The summed E-state index contributed by atoms with van der Waals surface area (Å²) in [6, 6.07) is 0.840. The molecule has 0 amide bonds. The molecule has 1 atom stereocenters. The van der Waals surface area contributed by atoms with Gasteiger partial charge in [-0.3, -0.25) is 4.90 Å². The van der Waals surface area contributed by atoms with Crippen molar-refractivity contribution in [2.45, 2.75) is 13.0 Å². The fourth-order valence-corrected chi connectivity index (χ4v) is 2.36. The predicted octanol–water partition coefficient (Wildman–Crippen LogP) is -0.158. The molecule has 2 saturated heterocycles. The van der Waals surface area contributed by atoms with Crippen LogP contribution in [0.15, 0.2) is 0 Å². The summed E-state index contributed by atoms with van der Waals surface area (Å²) in [5, 5.41) is 3.49. The molecule has 0 radical (unpaired) electrons. The van der Waals surface area contributed by atoms with E-state index >= 15 is 0 Å². The van der Waals surface area contributed by atoms with Crippen LogP contribution in [0.1, 0.15) is 6.92 Å². The van der Waals surface area contributed by atoms with Crippen LogP contribution in [-0.4, -0.2) is 62.2 Å². The first kappa shape index (κ1) is 9.44. The molecular weight excluding hydrogens is 162 g/mol. The average Bonchev–Trinajstić information content (AvgIpc) is 2.24. The summed E-state index contributed by atoms with van der Waals surface area (Å²) in [5.74, 6) is 0.813. The van der Waals surface area contributed by atoms with E-state index in [-0.39, 0.29) is 0 Å². The maximum atomic E-state index is 3.49. The molecule has 0 bridgehead atoms. The summed E-state index contributed by atoms with van der Waals surface area (Å²) in [4.78, 5) is 5.05. The summed E-state index contributed by atoms with van der Waals surface area (Å²) in [6.45, 7) is 9.77. The first-order chi connectivity index (χ1) is 6.25. The van der Waals surface area contributed by atoms with Gasteiger partial charge in [-0.25, -0.2) is 0 Å². The Bertz CT molecular complexity index is 166. The molecule has 0 aromatic carbocycles. The molecule has 3 heteroatoms. The van der Waals surface area contributed by atoms with Crippen molar-refractivity contribution >= 4 is 0 Å². The molecule has 13 heavy (non-hydrogen) atoms. The molecule has 76 valence electrons. The Morgan fingerprint density at radius 1 is 1.23 bits per heavy atom. The molecule has 3 nitrogen and oxygen atoms in total. The van der Waals surface area contributed by atoms with Gasteiger partial charge in [0, 0.05) is 38.8 Å². The summed E-state index contributed by atoms with van der Waals surface area (Å²) in [5.41, 5.74) is 0. The number of likely N-dealkylation sites (N-methyl/N-ethyl adjacent to an activating group) is 1. The van der Waals surface area contributed by atoms with Crippen molar-refractivity contribution in [1.82, 2.24) is 15.1 Å². The zero-order chi connectivity index (χ0) is 9.26. The zero-order valence-corrected chi connectivity index (χ0v) is 8.79. The monoisotopic (exact) mass is 183 g/mol. The van der Waals surface area contributed by atoms with Crippen molar-refractivity contribution in [2.75, 3.05) is 46.3 Å². The van der Waals surface area contributed by atoms with Gasteiger partial charge in [0.1, 0.15) is 0 Å². The number of likely N-dealkylation sites (tertiary alicyclic amines) is 1. The fraction of sp³-hybridized carbons (Fsp3) is 1.00. The highest BCUT2D eigenvalue weighted by Crippen LogP contribution is 2.15. The van der Waals surface area contributed by atoms with E-state index in [4.69, 9.17) is 0 Å². The molecule has 2 aliphatic rings. The molecule has 0 spiro atoms. The van der Waals surface area contributed by atoms with Gasteiger partial charge in [0.2, 0.25) is 0 Å². The highest BCUT2D eigenvalue weighted by Gasteiger charge is 2.30. The molecule has 2 rings (SSSR count). The van der Waals surface area contributed by atoms with Gasteiger partial charge in [0.25, 0.3) is 0 Å². The van der Waals surface area contributed by atoms with Crippen LogP contribution in [0.3, 0.4) is 0 Å². The van der Waals surface area contributed by atoms with E-state index in [0.29, 0.717) is 0 Å². The second kappa shape index (κ2) is 3.95. The molecular formula is C10H21N3. The molecule has 1 unspecified atom stereocenters. The Labute approximate surface area is 81.1 Å². The second-order valence-electron chi connectivity index (χ2n) is 4.68. The zero-order valence-electron chi connectivity index (χ0n) is 8.79. The predicted molar refractivity (Wildman–Crippen MR) is 54.9 cm³/mol. The molecule has 2 fully saturated rings. The molecule has 0 aliphatic carbocycles. The Morgan fingerprint density at radius 3 is 2.69 bits per heavy atom. The molecule has 2 heterocycles. The van der Waals surface area contributed by atoms with Gasteiger partial charge >= 0.3 is 0 Å².